The fraction of sp³-hybridized carbons (Fsp3) is 0. The maximum Gasteiger partial charge on any atom is 0.141 e. The van der Waals surface area contributed by atoms with Gasteiger partial charge >= 0.3 is 0 Å². The van der Waals surface area contributed by atoms with Gasteiger partial charge in [-0.25, -0.2) is 4.39 Å². The van der Waals surface area contributed by atoms with E-state index >= 15 is 0 Å². The van der Waals surface area contributed by atoms with Crippen LogP contribution in [0.15, 0.2) is 49.1 Å². The molecule has 0 atom stereocenters. The van der Waals surface area contributed by atoms with E-state index in [2.05, 4.69) is 9.97 Å². The molecule has 0 unspecified atom stereocenters. The highest BCUT2D eigenvalue weighted by atomic mass is 35.5. The van der Waals surface area contributed by atoms with Crippen molar-refractivity contribution in [3.05, 3.63) is 59.9 Å². The summed E-state index contributed by atoms with van der Waals surface area (Å²) in [7, 11) is 0. The zero-order chi connectivity index (χ0) is 10.2. The molecule has 0 radical (unpaired) electrons. The highest BCUT2D eigenvalue weighted by Gasteiger charge is 1.78. The molecular weight excluding hydrogens is 203 g/mol. The zero-order valence-electron chi connectivity index (χ0n) is 7.27. The van der Waals surface area contributed by atoms with Crippen LogP contribution in [0, 0.1) is 5.82 Å². The monoisotopic (exact) mass is 210 g/mol. The summed E-state index contributed by atoms with van der Waals surface area (Å²) in [4.78, 5) is 7.26. The third-order valence-electron chi connectivity index (χ3n) is 1.25. The minimum atomic E-state index is -0.289. The average Bonchev–Trinajstić information content (AvgIpc) is 2.21. The number of halogens is 2. The van der Waals surface area contributed by atoms with Crippen LogP contribution in [0.3, 0.4) is 0 Å². The molecule has 0 spiro atoms. The molecule has 0 amide bonds. The van der Waals surface area contributed by atoms with Crippen molar-refractivity contribution in [3.8, 4) is 0 Å². The Kier molecular flexibility index (Phi) is 4.58. The minimum absolute atomic E-state index is 0.289. The lowest BCUT2D eigenvalue weighted by molar-refractivity contribution is 0.621. The third-order valence-corrected chi connectivity index (χ3v) is 1.47. The lowest BCUT2D eigenvalue weighted by Gasteiger charge is -1.79. The summed E-state index contributed by atoms with van der Waals surface area (Å²) in [5.74, 6) is -0.289. The first-order chi connectivity index (χ1) is 6.79. The molecule has 0 aliphatic heterocycles. The molecular formula is C10H8ClFN2. The lowest BCUT2D eigenvalue weighted by Crippen LogP contribution is -1.70. The second-order valence-electron chi connectivity index (χ2n) is 2.34. The zero-order valence-corrected chi connectivity index (χ0v) is 8.03. The van der Waals surface area contributed by atoms with Gasteiger partial charge < -0.3 is 0 Å². The Balaban J connectivity index is 0.000000140. The Morgan fingerprint density at radius 3 is 1.86 bits per heavy atom. The number of nitrogens with zero attached hydrogens (tertiary/aromatic N) is 2. The number of rotatable bonds is 0. The van der Waals surface area contributed by atoms with Crippen molar-refractivity contribution in [2.24, 2.45) is 0 Å². The van der Waals surface area contributed by atoms with Crippen molar-refractivity contribution >= 4 is 11.6 Å². The average molecular weight is 211 g/mol. The van der Waals surface area contributed by atoms with Gasteiger partial charge in [0.25, 0.3) is 0 Å². The second-order valence-corrected chi connectivity index (χ2v) is 2.78. The summed E-state index contributed by atoms with van der Waals surface area (Å²) in [5, 5.41) is 0.683. The van der Waals surface area contributed by atoms with Crippen molar-refractivity contribution in [2.45, 2.75) is 0 Å². The Labute approximate surface area is 86.4 Å². The summed E-state index contributed by atoms with van der Waals surface area (Å²) in [6, 6.07) is 6.49. The van der Waals surface area contributed by atoms with E-state index in [1.807, 2.05) is 0 Å². The van der Waals surface area contributed by atoms with Gasteiger partial charge in [0.05, 0.1) is 11.2 Å². The van der Waals surface area contributed by atoms with Gasteiger partial charge in [0.2, 0.25) is 0 Å². The first kappa shape index (κ1) is 10.6. The Bertz CT molecular complexity index is 316. The number of pyridine rings is 2. The largest absolute Gasteiger partial charge is 0.263 e. The summed E-state index contributed by atoms with van der Waals surface area (Å²) in [5.41, 5.74) is 0. The normalized spacial score (nSPS) is 8.71. The summed E-state index contributed by atoms with van der Waals surface area (Å²) in [6.45, 7) is 0. The molecule has 2 heterocycles. The van der Waals surface area contributed by atoms with Crippen LogP contribution in [0.2, 0.25) is 5.02 Å². The molecule has 2 aromatic heterocycles. The van der Waals surface area contributed by atoms with Gasteiger partial charge in [0, 0.05) is 18.6 Å². The van der Waals surface area contributed by atoms with Crippen molar-refractivity contribution in [3.63, 3.8) is 0 Å². The van der Waals surface area contributed by atoms with Crippen LogP contribution >= 0.6 is 11.6 Å². The van der Waals surface area contributed by atoms with Crippen LogP contribution in [0.25, 0.3) is 0 Å². The molecule has 0 saturated carbocycles. The third kappa shape index (κ3) is 4.52. The standard InChI is InChI=1S/C5H4ClN.C5H4FN/c2*6-5-2-1-3-7-4-5/h2*1-4H. The van der Waals surface area contributed by atoms with Gasteiger partial charge in [-0.2, -0.15) is 0 Å². The van der Waals surface area contributed by atoms with Crippen LogP contribution in [0.4, 0.5) is 4.39 Å². The van der Waals surface area contributed by atoms with E-state index in [1.165, 1.54) is 18.5 Å². The molecule has 72 valence electrons. The molecule has 2 rings (SSSR count). The highest BCUT2D eigenvalue weighted by Crippen LogP contribution is 2.00. The van der Waals surface area contributed by atoms with Gasteiger partial charge in [0.1, 0.15) is 5.82 Å². The fourth-order valence-electron chi connectivity index (χ4n) is 0.684. The van der Waals surface area contributed by atoms with E-state index in [4.69, 9.17) is 11.6 Å². The van der Waals surface area contributed by atoms with Crippen molar-refractivity contribution in [2.75, 3.05) is 0 Å². The predicted octanol–water partition coefficient (Wildman–Crippen LogP) is 2.96. The van der Waals surface area contributed by atoms with E-state index in [1.54, 1.807) is 30.6 Å². The molecule has 0 aliphatic carbocycles. The molecule has 4 heteroatoms. The number of aromatic nitrogens is 2. The van der Waals surface area contributed by atoms with E-state index in [0.717, 1.165) is 0 Å². The Hall–Kier alpha value is -1.48. The lowest BCUT2D eigenvalue weighted by atomic mass is 10.5. The van der Waals surface area contributed by atoms with Crippen molar-refractivity contribution in [1.29, 1.82) is 0 Å². The van der Waals surface area contributed by atoms with Gasteiger partial charge in [-0.05, 0) is 24.3 Å². The van der Waals surface area contributed by atoms with Crippen LogP contribution in [0.5, 0.6) is 0 Å². The fourth-order valence-corrected chi connectivity index (χ4v) is 0.813. The molecule has 2 nitrogen and oxygen atoms in total. The molecule has 0 saturated heterocycles. The van der Waals surface area contributed by atoms with E-state index < -0.39 is 0 Å². The summed E-state index contributed by atoms with van der Waals surface area (Å²) >= 11 is 5.48. The van der Waals surface area contributed by atoms with Crippen LogP contribution in [-0.2, 0) is 0 Å². The topological polar surface area (TPSA) is 25.8 Å². The Morgan fingerprint density at radius 2 is 1.64 bits per heavy atom. The Morgan fingerprint density at radius 1 is 1.00 bits per heavy atom. The van der Waals surface area contributed by atoms with Gasteiger partial charge in [0.15, 0.2) is 0 Å². The summed E-state index contributed by atoms with van der Waals surface area (Å²) < 4.78 is 11.8. The molecule has 14 heavy (non-hydrogen) atoms. The van der Waals surface area contributed by atoms with Crippen LogP contribution in [-0.4, -0.2) is 9.97 Å². The number of hydrogen-bond donors (Lipinski definition) is 0. The predicted molar refractivity (Wildman–Crippen MR) is 53.4 cm³/mol. The SMILES string of the molecule is Clc1cccnc1.Fc1cccnc1. The minimum Gasteiger partial charge on any atom is -0.263 e. The highest BCUT2D eigenvalue weighted by molar-refractivity contribution is 6.30. The quantitative estimate of drug-likeness (QED) is 0.668. The summed E-state index contributed by atoms with van der Waals surface area (Å²) in [6.07, 6.45) is 5.98. The van der Waals surface area contributed by atoms with Gasteiger partial charge in [-0.15, -0.1) is 0 Å². The second kappa shape index (κ2) is 6.05. The van der Waals surface area contributed by atoms with Gasteiger partial charge in [-0.3, -0.25) is 9.97 Å². The van der Waals surface area contributed by atoms with E-state index in [-0.39, 0.29) is 5.82 Å². The van der Waals surface area contributed by atoms with E-state index in [0.29, 0.717) is 5.02 Å². The smallest absolute Gasteiger partial charge is 0.141 e. The molecule has 0 aliphatic rings. The molecule has 0 N–H and O–H groups in total. The van der Waals surface area contributed by atoms with Crippen molar-refractivity contribution < 1.29 is 4.39 Å². The molecule has 0 fully saturated rings. The first-order valence-electron chi connectivity index (χ1n) is 3.90. The van der Waals surface area contributed by atoms with Crippen molar-refractivity contribution in [1.82, 2.24) is 9.97 Å². The van der Waals surface area contributed by atoms with Gasteiger partial charge in [-0.1, -0.05) is 11.6 Å². The maximum atomic E-state index is 11.8. The maximum absolute atomic E-state index is 11.8. The first-order valence-corrected chi connectivity index (χ1v) is 4.28. The number of hydrogen-bond acceptors (Lipinski definition) is 2. The van der Waals surface area contributed by atoms with Crippen LogP contribution < -0.4 is 0 Å². The molecule has 2 aromatic rings. The molecule has 0 bridgehead atoms. The van der Waals surface area contributed by atoms with E-state index in [9.17, 15) is 4.39 Å². The van der Waals surface area contributed by atoms with Crippen LogP contribution in [0.1, 0.15) is 0 Å². The molecule has 0 aromatic carbocycles.